The largest absolute Gasteiger partial charge is 0.381 e. The fourth-order valence-electron chi connectivity index (χ4n) is 3.07. The molecule has 0 radical (unpaired) electrons. The second-order valence-corrected chi connectivity index (χ2v) is 6.93. The quantitative estimate of drug-likeness (QED) is 0.837. The zero-order valence-electron chi connectivity index (χ0n) is 15.3. The van der Waals surface area contributed by atoms with Gasteiger partial charge in [0.1, 0.15) is 0 Å². The summed E-state index contributed by atoms with van der Waals surface area (Å²) in [4.78, 5) is 12.5. The van der Waals surface area contributed by atoms with Gasteiger partial charge in [0.15, 0.2) is 0 Å². The number of aromatic nitrogens is 2. The van der Waals surface area contributed by atoms with Crippen molar-refractivity contribution in [3.8, 4) is 5.69 Å². The van der Waals surface area contributed by atoms with Crippen LogP contribution in [-0.4, -0.2) is 34.4 Å². The van der Waals surface area contributed by atoms with Gasteiger partial charge in [0.25, 0.3) is 0 Å². The zero-order valence-corrected chi connectivity index (χ0v) is 16.1. The molecular weight excluding hydrogens is 352 g/mol. The molecular formula is C19H27ClN4O2. The maximum absolute atomic E-state index is 12.5. The van der Waals surface area contributed by atoms with E-state index in [-0.39, 0.29) is 24.2 Å². The number of nitrogens with one attached hydrogen (secondary N) is 1. The van der Waals surface area contributed by atoms with Crippen LogP contribution in [-0.2, 0) is 16.1 Å². The molecule has 0 spiro atoms. The van der Waals surface area contributed by atoms with E-state index in [1.54, 1.807) is 0 Å². The van der Waals surface area contributed by atoms with Gasteiger partial charge < -0.3 is 15.8 Å². The molecule has 0 saturated carbocycles. The van der Waals surface area contributed by atoms with Crippen molar-refractivity contribution >= 4 is 18.3 Å². The molecule has 1 fully saturated rings. The number of nitrogens with zero attached hydrogens (tertiary/aromatic N) is 2. The number of ether oxygens (including phenoxy) is 1. The van der Waals surface area contributed by atoms with Crippen LogP contribution in [0.25, 0.3) is 5.69 Å². The highest BCUT2D eigenvalue weighted by Crippen LogP contribution is 2.21. The van der Waals surface area contributed by atoms with Gasteiger partial charge in [-0.1, -0.05) is 32.0 Å². The number of amides is 1. The molecule has 0 bridgehead atoms. The first-order chi connectivity index (χ1) is 12.0. The van der Waals surface area contributed by atoms with Crippen LogP contribution in [0.5, 0.6) is 0 Å². The molecule has 142 valence electrons. The van der Waals surface area contributed by atoms with Crippen LogP contribution in [0.15, 0.2) is 36.5 Å². The fraction of sp³-hybridized carbons (Fsp3) is 0.474. The molecule has 0 aliphatic carbocycles. The highest BCUT2D eigenvalue weighted by atomic mass is 35.5. The monoisotopic (exact) mass is 378 g/mol. The van der Waals surface area contributed by atoms with E-state index in [9.17, 15) is 4.79 Å². The molecule has 0 atom stereocenters. The first-order valence-electron chi connectivity index (χ1n) is 8.78. The van der Waals surface area contributed by atoms with Crippen molar-refractivity contribution in [2.24, 2.45) is 5.73 Å². The van der Waals surface area contributed by atoms with E-state index in [2.05, 4.69) is 19.2 Å². The fourth-order valence-corrected chi connectivity index (χ4v) is 3.07. The van der Waals surface area contributed by atoms with Crippen molar-refractivity contribution in [2.75, 3.05) is 13.2 Å². The lowest BCUT2D eigenvalue weighted by molar-refractivity contribution is -0.129. The second kappa shape index (κ2) is 8.66. The van der Waals surface area contributed by atoms with Crippen LogP contribution < -0.4 is 11.1 Å². The SMILES string of the molecule is CC(C)c1nn(-c2ccccc2)cc1CNC(=O)C1(N)CCOCC1.Cl. The lowest BCUT2D eigenvalue weighted by Gasteiger charge is -2.31. The van der Waals surface area contributed by atoms with E-state index < -0.39 is 5.54 Å². The number of hydrogen-bond acceptors (Lipinski definition) is 4. The van der Waals surface area contributed by atoms with Crippen LogP contribution in [0.3, 0.4) is 0 Å². The van der Waals surface area contributed by atoms with Crippen molar-refractivity contribution in [3.05, 3.63) is 47.8 Å². The predicted octanol–water partition coefficient (Wildman–Crippen LogP) is 2.54. The van der Waals surface area contributed by atoms with E-state index in [0.29, 0.717) is 32.6 Å². The van der Waals surface area contributed by atoms with E-state index in [4.69, 9.17) is 15.6 Å². The molecule has 1 aliphatic heterocycles. The number of carbonyl (C=O) groups excluding carboxylic acids is 1. The Balaban J connectivity index is 0.00000243. The number of hydrogen-bond donors (Lipinski definition) is 2. The first kappa shape index (κ1) is 20.4. The number of benzene rings is 1. The summed E-state index contributed by atoms with van der Waals surface area (Å²) < 4.78 is 7.17. The third-order valence-corrected chi connectivity index (χ3v) is 4.67. The number of rotatable bonds is 5. The molecule has 1 aromatic carbocycles. The number of para-hydroxylation sites is 1. The predicted molar refractivity (Wildman–Crippen MR) is 104 cm³/mol. The van der Waals surface area contributed by atoms with E-state index >= 15 is 0 Å². The number of nitrogens with two attached hydrogens (primary N) is 1. The van der Waals surface area contributed by atoms with Crippen LogP contribution in [0, 0.1) is 0 Å². The Morgan fingerprint density at radius 1 is 1.31 bits per heavy atom. The third-order valence-electron chi connectivity index (χ3n) is 4.67. The molecule has 1 aromatic heterocycles. The van der Waals surface area contributed by atoms with Crippen molar-refractivity contribution in [3.63, 3.8) is 0 Å². The molecule has 1 amide bonds. The van der Waals surface area contributed by atoms with Crippen molar-refractivity contribution in [1.82, 2.24) is 15.1 Å². The van der Waals surface area contributed by atoms with Crippen molar-refractivity contribution in [2.45, 2.75) is 44.7 Å². The highest BCUT2D eigenvalue weighted by molar-refractivity contribution is 5.86. The minimum atomic E-state index is -0.828. The zero-order chi connectivity index (χ0) is 17.9. The minimum absolute atomic E-state index is 0. The van der Waals surface area contributed by atoms with Gasteiger partial charge >= 0.3 is 0 Å². The molecule has 0 unspecified atom stereocenters. The standard InChI is InChI=1S/C19H26N4O2.ClH/c1-14(2)17-15(13-23(22-17)16-6-4-3-5-7-16)12-21-18(24)19(20)8-10-25-11-9-19;/h3-7,13-14H,8-12,20H2,1-2H3,(H,21,24);1H. The average molecular weight is 379 g/mol. The van der Waals surface area contributed by atoms with Gasteiger partial charge in [-0.05, 0) is 30.9 Å². The van der Waals surface area contributed by atoms with E-state index in [0.717, 1.165) is 16.9 Å². The average Bonchev–Trinajstić information content (AvgIpc) is 3.05. The molecule has 6 nitrogen and oxygen atoms in total. The minimum Gasteiger partial charge on any atom is -0.381 e. The lowest BCUT2D eigenvalue weighted by atomic mass is 9.90. The number of halogens is 1. The summed E-state index contributed by atoms with van der Waals surface area (Å²) in [7, 11) is 0. The molecule has 1 aliphatic rings. The van der Waals surface area contributed by atoms with Crippen molar-refractivity contribution in [1.29, 1.82) is 0 Å². The summed E-state index contributed by atoms with van der Waals surface area (Å²) in [5.41, 5.74) is 8.43. The smallest absolute Gasteiger partial charge is 0.240 e. The van der Waals surface area contributed by atoms with Gasteiger partial charge in [0.05, 0.1) is 16.9 Å². The molecule has 2 aromatic rings. The first-order valence-corrected chi connectivity index (χ1v) is 8.78. The Labute approximate surface area is 160 Å². The van der Waals surface area contributed by atoms with Crippen LogP contribution in [0.2, 0.25) is 0 Å². The second-order valence-electron chi connectivity index (χ2n) is 6.93. The van der Waals surface area contributed by atoms with Crippen LogP contribution in [0.1, 0.15) is 43.9 Å². The molecule has 26 heavy (non-hydrogen) atoms. The van der Waals surface area contributed by atoms with Gasteiger partial charge in [-0.15, -0.1) is 12.4 Å². The van der Waals surface area contributed by atoms with Gasteiger partial charge in [-0.25, -0.2) is 4.68 Å². The molecule has 3 rings (SSSR count). The maximum atomic E-state index is 12.5. The third kappa shape index (κ3) is 4.44. The Morgan fingerprint density at radius 2 is 1.96 bits per heavy atom. The lowest BCUT2D eigenvalue weighted by Crippen LogP contribution is -2.56. The van der Waals surface area contributed by atoms with E-state index in [1.807, 2.05) is 41.2 Å². The molecule has 7 heteroatoms. The number of carbonyl (C=O) groups is 1. The van der Waals surface area contributed by atoms with Gasteiger partial charge in [-0.2, -0.15) is 5.10 Å². The Morgan fingerprint density at radius 3 is 2.58 bits per heavy atom. The van der Waals surface area contributed by atoms with Crippen LogP contribution >= 0.6 is 12.4 Å². The summed E-state index contributed by atoms with van der Waals surface area (Å²) in [6.45, 7) is 5.71. The van der Waals surface area contributed by atoms with Gasteiger partial charge in [0.2, 0.25) is 5.91 Å². The highest BCUT2D eigenvalue weighted by Gasteiger charge is 2.35. The molecule has 2 heterocycles. The summed E-state index contributed by atoms with van der Waals surface area (Å²) in [5, 5.41) is 7.70. The summed E-state index contributed by atoms with van der Waals surface area (Å²) >= 11 is 0. The van der Waals surface area contributed by atoms with Crippen molar-refractivity contribution < 1.29 is 9.53 Å². The summed E-state index contributed by atoms with van der Waals surface area (Å²) in [5.74, 6) is 0.157. The van der Waals surface area contributed by atoms with E-state index in [1.165, 1.54) is 0 Å². The van der Waals surface area contributed by atoms with Gasteiger partial charge in [0, 0.05) is 31.5 Å². The Bertz CT molecular complexity index is 724. The van der Waals surface area contributed by atoms with Gasteiger partial charge in [-0.3, -0.25) is 4.79 Å². The topological polar surface area (TPSA) is 82.2 Å². The normalized spacial score (nSPS) is 16.2. The molecule has 1 saturated heterocycles. The Hall–Kier alpha value is -1.89. The summed E-state index contributed by atoms with van der Waals surface area (Å²) in [6.07, 6.45) is 3.09. The van der Waals surface area contributed by atoms with Crippen LogP contribution in [0.4, 0.5) is 0 Å². The summed E-state index contributed by atoms with van der Waals surface area (Å²) in [6, 6.07) is 9.96. The maximum Gasteiger partial charge on any atom is 0.240 e. The Kier molecular flexibility index (Phi) is 6.81. The molecule has 3 N–H and O–H groups in total.